The van der Waals surface area contributed by atoms with Crippen LogP contribution in [0, 0.1) is 0 Å². The minimum atomic E-state index is -0.575. The molecule has 1 atom stereocenters. The third kappa shape index (κ3) is 2.11. The molecule has 0 spiro atoms. The second kappa shape index (κ2) is 4.82. The summed E-state index contributed by atoms with van der Waals surface area (Å²) < 4.78 is 0. The molecule has 0 aliphatic rings. The summed E-state index contributed by atoms with van der Waals surface area (Å²) in [7, 11) is 0. The summed E-state index contributed by atoms with van der Waals surface area (Å²) in [5, 5.41) is 4.67. The van der Waals surface area contributed by atoms with Crippen LogP contribution in [0.3, 0.4) is 0 Å². The standard InChI is InChI=1S/C17H14NO/c18-14(11-19)10-17-15-7-3-1-5-12(15)9-13-6-2-4-8-16(13)17/h1-9,14H,10,18H2. The smallest absolute Gasteiger partial charge is 0.217 e. The van der Waals surface area contributed by atoms with E-state index in [1.807, 2.05) is 30.6 Å². The molecule has 19 heavy (non-hydrogen) atoms. The maximum atomic E-state index is 10.7. The molecule has 1 radical (unpaired) electrons. The minimum Gasteiger partial charge on any atom is -0.321 e. The Morgan fingerprint density at radius 1 is 0.947 bits per heavy atom. The van der Waals surface area contributed by atoms with E-state index in [1.54, 1.807) is 0 Å². The van der Waals surface area contributed by atoms with E-state index in [2.05, 4.69) is 30.3 Å². The molecular formula is C17H14NO. The van der Waals surface area contributed by atoms with Gasteiger partial charge < -0.3 is 5.73 Å². The Morgan fingerprint density at radius 3 is 2.00 bits per heavy atom. The van der Waals surface area contributed by atoms with E-state index in [0.717, 1.165) is 16.3 Å². The molecular weight excluding hydrogens is 234 g/mol. The van der Waals surface area contributed by atoms with Gasteiger partial charge in [-0.25, -0.2) is 0 Å². The molecule has 0 saturated heterocycles. The zero-order chi connectivity index (χ0) is 13.2. The average molecular weight is 248 g/mol. The Kier molecular flexibility index (Phi) is 3.02. The lowest BCUT2D eigenvalue weighted by Crippen LogP contribution is -2.24. The van der Waals surface area contributed by atoms with Crippen molar-refractivity contribution in [1.82, 2.24) is 0 Å². The van der Waals surface area contributed by atoms with Crippen LogP contribution in [0.1, 0.15) is 5.56 Å². The molecule has 0 fully saturated rings. The fraction of sp³-hybridized carbons (Fsp3) is 0.118. The monoisotopic (exact) mass is 248 g/mol. The Hall–Kier alpha value is -2.19. The van der Waals surface area contributed by atoms with Crippen LogP contribution >= 0.6 is 0 Å². The van der Waals surface area contributed by atoms with Gasteiger partial charge in [0.05, 0.1) is 6.04 Å². The number of nitrogens with two attached hydrogens (primary N) is 1. The van der Waals surface area contributed by atoms with Crippen LogP contribution in [-0.2, 0) is 11.2 Å². The van der Waals surface area contributed by atoms with Gasteiger partial charge in [-0.15, -0.1) is 0 Å². The average Bonchev–Trinajstić information content (AvgIpc) is 2.46. The molecule has 0 aliphatic carbocycles. The van der Waals surface area contributed by atoms with Crippen molar-refractivity contribution in [1.29, 1.82) is 0 Å². The highest BCUT2D eigenvalue weighted by Gasteiger charge is 2.11. The maximum absolute atomic E-state index is 10.7. The topological polar surface area (TPSA) is 43.1 Å². The van der Waals surface area contributed by atoms with Crippen molar-refractivity contribution in [3.8, 4) is 0 Å². The lowest BCUT2D eigenvalue weighted by molar-refractivity contribution is 0.541. The van der Waals surface area contributed by atoms with E-state index in [-0.39, 0.29) is 0 Å². The molecule has 3 rings (SSSR count). The summed E-state index contributed by atoms with van der Waals surface area (Å²) in [6, 6.07) is 18.0. The number of rotatable bonds is 3. The second-order valence-corrected chi connectivity index (χ2v) is 4.73. The molecule has 3 aromatic rings. The summed E-state index contributed by atoms with van der Waals surface area (Å²) in [5.74, 6) is 0. The summed E-state index contributed by atoms with van der Waals surface area (Å²) in [6.45, 7) is 0. The van der Waals surface area contributed by atoms with Crippen molar-refractivity contribution in [2.24, 2.45) is 5.73 Å². The fourth-order valence-electron chi connectivity index (χ4n) is 2.59. The molecule has 0 saturated carbocycles. The van der Waals surface area contributed by atoms with Crippen molar-refractivity contribution in [2.45, 2.75) is 12.5 Å². The third-order valence-electron chi connectivity index (χ3n) is 3.46. The Morgan fingerprint density at radius 2 is 1.47 bits per heavy atom. The maximum Gasteiger partial charge on any atom is 0.217 e. The fourth-order valence-corrected chi connectivity index (χ4v) is 2.59. The van der Waals surface area contributed by atoms with Gasteiger partial charge in [-0.05, 0) is 39.6 Å². The third-order valence-corrected chi connectivity index (χ3v) is 3.46. The predicted molar refractivity (Wildman–Crippen MR) is 78.8 cm³/mol. The van der Waals surface area contributed by atoms with Crippen molar-refractivity contribution in [3.63, 3.8) is 0 Å². The summed E-state index contributed by atoms with van der Waals surface area (Å²) in [6.07, 6.45) is 2.39. The molecule has 1 unspecified atom stereocenters. The summed E-state index contributed by atoms with van der Waals surface area (Å²) in [4.78, 5) is 10.7. The molecule has 2 N–H and O–H groups in total. The minimum absolute atomic E-state index is 0.519. The van der Waals surface area contributed by atoms with Crippen molar-refractivity contribution >= 4 is 27.8 Å². The van der Waals surface area contributed by atoms with Gasteiger partial charge in [-0.2, -0.15) is 0 Å². The molecule has 0 aliphatic heterocycles. The van der Waals surface area contributed by atoms with Crippen LogP contribution in [-0.4, -0.2) is 12.3 Å². The summed E-state index contributed by atoms with van der Waals surface area (Å²) >= 11 is 0. The molecule has 93 valence electrons. The first-order valence-electron chi connectivity index (χ1n) is 6.32. The molecule has 2 nitrogen and oxygen atoms in total. The van der Waals surface area contributed by atoms with E-state index in [4.69, 9.17) is 5.73 Å². The highest BCUT2D eigenvalue weighted by Crippen LogP contribution is 2.29. The molecule has 0 bridgehead atoms. The van der Waals surface area contributed by atoms with Gasteiger partial charge in [0.2, 0.25) is 6.29 Å². The highest BCUT2D eigenvalue weighted by molar-refractivity contribution is 6.02. The molecule has 0 heterocycles. The van der Waals surface area contributed by atoms with E-state index in [1.165, 1.54) is 10.8 Å². The first-order valence-corrected chi connectivity index (χ1v) is 6.32. The SMILES string of the molecule is NC([C]=O)Cc1c2ccccc2cc2ccccc12. The summed E-state index contributed by atoms with van der Waals surface area (Å²) in [5.41, 5.74) is 6.89. The lowest BCUT2D eigenvalue weighted by atomic mass is 9.93. The van der Waals surface area contributed by atoms with Gasteiger partial charge in [0.15, 0.2) is 0 Å². The van der Waals surface area contributed by atoms with Gasteiger partial charge in [0, 0.05) is 0 Å². The van der Waals surface area contributed by atoms with Crippen molar-refractivity contribution in [2.75, 3.05) is 0 Å². The quantitative estimate of drug-likeness (QED) is 0.724. The van der Waals surface area contributed by atoms with Crippen LogP contribution < -0.4 is 5.73 Å². The van der Waals surface area contributed by atoms with E-state index in [9.17, 15) is 4.79 Å². The van der Waals surface area contributed by atoms with Gasteiger partial charge in [0.25, 0.3) is 0 Å². The largest absolute Gasteiger partial charge is 0.321 e. The lowest BCUT2D eigenvalue weighted by Gasteiger charge is -2.12. The number of fused-ring (bicyclic) bond motifs is 2. The van der Waals surface area contributed by atoms with Gasteiger partial charge >= 0.3 is 0 Å². The first kappa shape index (κ1) is 11.9. The van der Waals surface area contributed by atoms with Gasteiger partial charge in [0.1, 0.15) is 0 Å². The molecule has 3 aromatic carbocycles. The van der Waals surface area contributed by atoms with Crippen molar-refractivity contribution < 1.29 is 4.79 Å². The van der Waals surface area contributed by atoms with E-state index < -0.39 is 6.04 Å². The Bertz CT molecular complexity index is 694. The number of benzene rings is 3. The molecule has 0 aromatic heterocycles. The first-order chi connectivity index (χ1) is 9.29. The molecule has 0 amide bonds. The Labute approximate surface area is 111 Å². The van der Waals surface area contributed by atoms with Crippen molar-refractivity contribution in [3.05, 3.63) is 60.2 Å². The normalized spacial score (nSPS) is 12.7. The highest BCUT2D eigenvalue weighted by atomic mass is 16.1. The number of hydrogen-bond donors (Lipinski definition) is 1. The van der Waals surface area contributed by atoms with E-state index >= 15 is 0 Å². The van der Waals surface area contributed by atoms with Crippen LogP contribution in [0.15, 0.2) is 54.6 Å². The second-order valence-electron chi connectivity index (χ2n) is 4.73. The van der Waals surface area contributed by atoms with Gasteiger partial charge in [-0.3, -0.25) is 4.79 Å². The number of carbonyl (C=O) groups excluding carboxylic acids is 1. The predicted octanol–water partition coefficient (Wildman–Crippen LogP) is 2.97. The van der Waals surface area contributed by atoms with Crippen LogP contribution in [0.5, 0.6) is 0 Å². The van der Waals surface area contributed by atoms with Crippen LogP contribution in [0.2, 0.25) is 0 Å². The zero-order valence-electron chi connectivity index (χ0n) is 10.5. The van der Waals surface area contributed by atoms with Crippen LogP contribution in [0.25, 0.3) is 21.5 Å². The van der Waals surface area contributed by atoms with Gasteiger partial charge in [-0.1, -0.05) is 48.5 Å². The van der Waals surface area contributed by atoms with Crippen LogP contribution in [0.4, 0.5) is 0 Å². The number of hydrogen-bond acceptors (Lipinski definition) is 2. The Balaban J connectivity index is 2.35. The molecule has 2 heteroatoms. The van der Waals surface area contributed by atoms with E-state index in [0.29, 0.717) is 6.42 Å². The zero-order valence-corrected chi connectivity index (χ0v) is 10.5.